The summed E-state index contributed by atoms with van der Waals surface area (Å²) in [5, 5.41) is 0. The van der Waals surface area contributed by atoms with Gasteiger partial charge in [-0.15, -0.1) is 0 Å². The predicted molar refractivity (Wildman–Crippen MR) is 46.9 cm³/mol. The van der Waals surface area contributed by atoms with Gasteiger partial charge in [0.05, 0.1) is 0 Å². The number of carbonyl (C=O) groups is 1. The third-order valence-electron chi connectivity index (χ3n) is 2.46. The second-order valence-electron chi connectivity index (χ2n) is 3.80. The molecule has 1 heterocycles. The minimum Gasteiger partial charge on any atom is -0.356 e. The fraction of sp³-hybridized carbons (Fsp3) is 0.889. The van der Waals surface area contributed by atoms with Crippen LogP contribution < -0.4 is 0 Å². The highest BCUT2D eigenvalue weighted by Gasteiger charge is 2.34. The molecule has 0 aromatic carbocycles. The highest BCUT2D eigenvalue weighted by Crippen LogP contribution is 2.21. The molecular weight excluding hydrogens is 173 g/mol. The molecule has 1 atom stereocenters. The van der Waals surface area contributed by atoms with E-state index in [-0.39, 0.29) is 6.42 Å². The van der Waals surface area contributed by atoms with Crippen molar-refractivity contribution in [2.75, 3.05) is 13.7 Å². The first-order valence-corrected chi connectivity index (χ1v) is 4.51. The highest BCUT2D eigenvalue weighted by molar-refractivity contribution is 5.81. The van der Waals surface area contributed by atoms with Crippen molar-refractivity contribution in [3.63, 3.8) is 0 Å². The van der Waals surface area contributed by atoms with Crippen LogP contribution in [0.15, 0.2) is 0 Å². The quantitative estimate of drug-likeness (QED) is 0.575. The molecule has 3 nitrogen and oxygen atoms in total. The summed E-state index contributed by atoms with van der Waals surface area (Å²) in [6.45, 7) is 4.04. The van der Waals surface area contributed by atoms with Crippen molar-refractivity contribution in [1.29, 1.82) is 0 Å². The van der Waals surface area contributed by atoms with Crippen LogP contribution in [0.2, 0.25) is 0 Å². The predicted octanol–water partition coefficient (Wildman–Crippen LogP) is 1.33. The second-order valence-corrected chi connectivity index (χ2v) is 3.80. The average molecular weight is 189 g/mol. The first-order valence-electron chi connectivity index (χ1n) is 4.51. The first kappa shape index (κ1) is 10.4. The lowest BCUT2D eigenvalue weighted by Gasteiger charge is -2.37. The Morgan fingerprint density at radius 3 is 2.85 bits per heavy atom. The van der Waals surface area contributed by atoms with Gasteiger partial charge < -0.3 is 9.64 Å². The molecule has 1 rings (SSSR count). The molecule has 0 radical (unpaired) electrons. The van der Waals surface area contributed by atoms with E-state index in [2.05, 4.69) is 0 Å². The van der Waals surface area contributed by atoms with E-state index in [1.165, 1.54) is 4.90 Å². The largest absolute Gasteiger partial charge is 0.356 e. The van der Waals surface area contributed by atoms with Gasteiger partial charge in [0.1, 0.15) is 5.72 Å². The van der Waals surface area contributed by atoms with E-state index in [4.69, 9.17) is 4.74 Å². The lowest BCUT2D eigenvalue weighted by atomic mass is 10.1. The van der Waals surface area contributed by atoms with Crippen LogP contribution in [0.5, 0.6) is 0 Å². The van der Waals surface area contributed by atoms with Gasteiger partial charge in [-0.3, -0.25) is 4.79 Å². The van der Waals surface area contributed by atoms with Gasteiger partial charge in [0, 0.05) is 13.7 Å². The maximum atomic E-state index is 13.2. The monoisotopic (exact) mass is 189 g/mol. The van der Waals surface area contributed by atoms with Crippen molar-refractivity contribution in [2.45, 2.75) is 38.6 Å². The standard InChI is InChI=1S/C9H16FNO2/c1-9(2)11(3)8(12)7(10)5-4-6-13-9/h7H,4-6H2,1-3H3. The summed E-state index contributed by atoms with van der Waals surface area (Å²) in [7, 11) is 1.57. The molecular formula is C9H16FNO2. The minimum absolute atomic E-state index is 0.263. The van der Waals surface area contributed by atoms with E-state index in [0.29, 0.717) is 13.0 Å². The molecule has 1 amide bonds. The van der Waals surface area contributed by atoms with Gasteiger partial charge in [0.2, 0.25) is 0 Å². The summed E-state index contributed by atoms with van der Waals surface area (Å²) in [5.74, 6) is -0.482. The number of alkyl halides is 1. The molecule has 0 aliphatic carbocycles. The zero-order valence-electron chi connectivity index (χ0n) is 8.34. The Labute approximate surface area is 77.9 Å². The summed E-state index contributed by atoms with van der Waals surface area (Å²) in [6, 6.07) is 0. The van der Waals surface area contributed by atoms with Crippen LogP contribution in [0, 0.1) is 0 Å². The van der Waals surface area contributed by atoms with Gasteiger partial charge in [-0.2, -0.15) is 0 Å². The van der Waals surface area contributed by atoms with E-state index in [0.717, 1.165) is 0 Å². The molecule has 4 heteroatoms. The van der Waals surface area contributed by atoms with Crippen molar-refractivity contribution in [2.24, 2.45) is 0 Å². The van der Waals surface area contributed by atoms with Gasteiger partial charge in [0.25, 0.3) is 5.91 Å². The third kappa shape index (κ3) is 2.18. The number of ether oxygens (including phenoxy) is 1. The molecule has 1 unspecified atom stereocenters. The van der Waals surface area contributed by atoms with Crippen molar-refractivity contribution in [3.05, 3.63) is 0 Å². The first-order chi connectivity index (χ1) is 5.95. The van der Waals surface area contributed by atoms with Gasteiger partial charge >= 0.3 is 0 Å². The molecule has 1 aliphatic heterocycles. The maximum absolute atomic E-state index is 13.2. The Bertz CT molecular complexity index is 206. The summed E-state index contributed by atoms with van der Waals surface area (Å²) >= 11 is 0. The topological polar surface area (TPSA) is 29.5 Å². The minimum atomic E-state index is -1.37. The number of carbonyl (C=O) groups excluding carboxylic acids is 1. The van der Waals surface area contributed by atoms with Crippen LogP contribution in [0.25, 0.3) is 0 Å². The lowest BCUT2D eigenvalue weighted by Crippen LogP contribution is -2.51. The number of amides is 1. The van der Waals surface area contributed by atoms with Gasteiger partial charge in [-0.1, -0.05) is 0 Å². The Morgan fingerprint density at radius 2 is 2.23 bits per heavy atom. The normalized spacial score (nSPS) is 29.7. The molecule has 0 aromatic rings. The van der Waals surface area contributed by atoms with Crippen LogP contribution in [0.4, 0.5) is 4.39 Å². The maximum Gasteiger partial charge on any atom is 0.259 e. The fourth-order valence-corrected chi connectivity index (χ4v) is 1.28. The van der Waals surface area contributed by atoms with E-state index in [1.807, 2.05) is 0 Å². The smallest absolute Gasteiger partial charge is 0.259 e. The summed E-state index contributed by atoms with van der Waals surface area (Å²) < 4.78 is 18.6. The van der Waals surface area contributed by atoms with E-state index in [1.54, 1.807) is 20.9 Å². The van der Waals surface area contributed by atoms with Crippen molar-refractivity contribution >= 4 is 5.91 Å². The number of nitrogens with zero attached hydrogens (tertiary/aromatic N) is 1. The van der Waals surface area contributed by atoms with Crippen LogP contribution in [-0.4, -0.2) is 36.4 Å². The number of rotatable bonds is 0. The molecule has 0 aromatic heterocycles. The summed E-state index contributed by atoms with van der Waals surface area (Å²) in [5.41, 5.74) is -0.693. The molecule has 13 heavy (non-hydrogen) atoms. The zero-order chi connectivity index (χ0) is 10.1. The fourth-order valence-electron chi connectivity index (χ4n) is 1.28. The van der Waals surface area contributed by atoms with Gasteiger partial charge in [0.15, 0.2) is 6.17 Å². The molecule has 1 fully saturated rings. The SMILES string of the molecule is CN1C(=O)C(F)CCCOC1(C)C. The van der Waals surface area contributed by atoms with Gasteiger partial charge in [-0.05, 0) is 26.7 Å². The summed E-state index contributed by atoms with van der Waals surface area (Å²) in [6.07, 6.45) is -0.503. The van der Waals surface area contributed by atoms with Crippen LogP contribution in [0.3, 0.4) is 0 Å². The Balaban J connectivity index is 2.77. The molecule has 0 N–H and O–H groups in total. The van der Waals surface area contributed by atoms with E-state index in [9.17, 15) is 9.18 Å². The highest BCUT2D eigenvalue weighted by atomic mass is 19.1. The number of halogens is 1. The number of hydrogen-bond donors (Lipinski definition) is 0. The van der Waals surface area contributed by atoms with Crippen molar-refractivity contribution in [1.82, 2.24) is 4.90 Å². The molecule has 1 aliphatic rings. The van der Waals surface area contributed by atoms with E-state index >= 15 is 0 Å². The Hall–Kier alpha value is -0.640. The third-order valence-corrected chi connectivity index (χ3v) is 2.46. The van der Waals surface area contributed by atoms with Crippen LogP contribution in [-0.2, 0) is 9.53 Å². The molecule has 76 valence electrons. The van der Waals surface area contributed by atoms with Crippen molar-refractivity contribution < 1.29 is 13.9 Å². The van der Waals surface area contributed by atoms with Crippen molar-refractivity contribution in [3.8, 4) is 0 Å². The number of hydrogen-bond acceptors (Lipinski definition) is 2. The molecule has 0 saturated carbocycles. The lowest BCUT2D eigenvalue weighted by molar-refractivity contribution is -0.171. The molecule has 1 saturated heterocycles. The zero-order valence-corrected chi connectivity index (χ0v) is 8.34. The molecule has 0 spiro atoms. The molecule has 0 bridgehead atoms. The second kappa shape index (κ2) is 3.62. The van der Waals surface area contributed by atoms with Crippen LogP contribution in [0.1, 0.15) is 26.7 Å². The van der Waals surface area contributed by atoms with Gasteiger partial charge in [-0.25, -0.2) is 4.39 Å². The average Bonchev–Trinajstić information content (AvgIpc) is 2.08. The summed E-state index contributed by atoms with van der Waals surface area (Å²) in [4.78, 5) is 12.7. The Kier molecular flexibility index (Phi) is 2.91. The van der Waals surface area contributed by atoms with Crippen LogP contribution >= 0.6 is 0 Å². The Morgan fingerprint density at radius 1 is 1.62 bits per heavy atom. The van der Waals surface area contributed by atoms with E-state index < -0.39 is 17.8 Å².